The van der Waals surface area contributed by atoms with Crippen LogP contribution in [0.1, 0.15) is 61.4 Å². The molecule has 0 radical (unpaired) electrons. The quantitative estimate of drug-likeness (QED) is 0.583. The third-order valence-electron chi connectivity index (χ3n) is 8.02. The van der Waals surface area contributed by atoms with E-state index in [0.29, 0.717) is 44.1 Å². The molecule has 0 aliphatic carbocycles. The lowest BCUT2D eigenvalue weighted by atomic mass is 9.96. The summed E-state index contributed by atoms with van der Waals surface area (Å²) in [5, 5.41) is 2.35. The monoisotopic (exact) mass is 512 g/mol. The first-order valence-corrected chi connectivity index (χ1v) is 13.5. The molecule has 37 heavy (non-hydrogen) atoms. The summed E-state index contributed by atoms with van der Waals surface area (Å²) < 4.78 is 11.3. The highest BCUT2D eigenvalue weighted by atomic mass is 16.6. The van der Waals surface area contributed by atoms with Crippen molar-refractivity contribution in [3.05, 3.63) is 29.3 Å². The number of benzene rings is 1. The van der Waals surface area contributed by atoms with E-state index in [0.717, 1.165) is 56.6 Å². The minimum Gasteiger partial charge on any atom is -0.450 e. The van der Waals surface area contributed by atoms with E-state index >= 15 is 0 Å². The Balaban J connectivity index is 1.08. The fourth-order valence-electron chi connectivity index (χ4n) is 5.81. The van der Waals surface area contributed by atoms with Crippen LogP contribution in [-0.2, 0) is 25.6 Å². The number of likely N-dealkylation sites (tertiary alicyclic amines) is 1. The highest BCUT2D eigenvalue weighted by Crippen LogP contribution is 2.32. The van der Waals surface area contributed by atoms with Gasteiger partial charge < -0.3 is 24.2 Å². The predicted octanol–water partition coefficient (Wildman–Crippen LogP) is 2.30. The number of nitrogens with zero attached hydrogens (tertiary/aromatic N) is 3. The first-order chi connectivity index (χ1) is 17.9. The molecule has 1 atom stereocenters. The number of rotatable bonds is 6. The zero-order valence-corrected chi connectivity index (χ0v) is 21.4. The second-order valence-electron chi connectivity index (χ2n) is 10.4. The number of hydrogen-bond donors (Lipinski definition) is 1. The van der Waals surface area contributed by atoms with Crippen LogP contribution in [-0.4, -0.2) is 85.2 Å². The molecule has 4 heterocycles. The van der Waals surface area contributed by atoms with Crippen molar-refractivity contribution in [1.82, 2.24) is 15.1 Å². The number of piperidine rings is 3. The molecular formula is C27H36N4O6. The third-order valence-corrected chi connectivity index (χ3v) is 8.02. The molecule has 3 fully saturated rings. The SMILES string of the molecule is CCOC(=O)N1CCC(OCC2CCN(c3ccc4c(c3)CN(C3CCC(=O)NC3=O)C4=O)CC2)CC1. The van der Waals surface area contributed by atoms with Gasteiger partial charge in [0.25, 0.3) is 5.91 Å². The Labute approximate surface area is 217 Å². The zero-order valence-electron chi connectivity index (χ0n) is 21.4. The standard InChI is InChI=1S/C27H36N4O6/c1-2-36-27(35)30-13-9-21(10-14-30)37-17-18-7-11-29(12-8-18)20-3-4-22-19(15-20)16-31(26(22)34)23-5-6-24(32)28-25(23)33/h3-4,15,18,21,23H,2,5-14,16-17H2,1H3,(H,28,32,33). The largest absolute Gasteiger partial charge is 0.450 e. The summed E-state index contributed by atoms with van der Waals surface area (Å²) in [6.45, 7) is 6.59. The molecule has 200 valence electrons. The molecule has 1 unspecified atom stereocenters. The number of amides is 4. The van der Waals surface area contributed by atoms with Gasteiger partial charge in [0, 0.05) is 57.0 Å². The fraction of sp³-hybridized carbons (Fsp3) is 0.630. The molecule has 0 bridgehead atoms. The molecule has 4 aliphatic rings. The van der Waals surface area contributed by atoms with E-state index in [1.165, 1.54) is 0 Å². The van der Waals surface area contributed by atoms with Gasteiger partial charge in [0.2, 0.25) is 11.8 Å². The lowest BCUT2D eigenvalue weighted by Crippen LogP contribution is -2.52. The maximum absolute atomic E-state index is 12.9. The number of ether oxygens (including phenoxy) is 2. The van der Waals surface area contributed by atoms with Crippen LogP contribution < -0.4 is 10.2 Å². The van der Waals surface area contributed by atoms with Crippen molar-refractivity contribution in [3.63, 3.8) is 0 Å². The van der Waals surface area contributed by atoms with Gasteiger partial charge >= 0.3 is 6.09 Å². The van der Waals surface area contributed by atoms with Crippen molar-refractivity contribution in [3.8, 4) is 0 Å². The van der Waals surface area contributed by atoms with E-state index in [9.17, 15) is 19.2 Å². The molecule has 1 aromatic carbocycles. The molecule has 4 aliphatic heterocycles. The number of imide groups is 1. The molecule has 1 N–H and O–H groups in total. The first-order valence-electron chi connectivity index (χ1n) is 13.5. The van der Waals surface area contributed by atoms with Crippen LogP contribution >= 0.6 is 0 Å². The molecule has 1 aromatic rings. The number of carbonyl (C=O) groups excluding carboxylic acids is 4. The minimum atomic E-state index is -0.589. The highest BCUT2D eigenvalue weighted by molar-refractivity contribution is 6.05. The predicted molar refractivity (Wildman–Crippen MR) is 135 cm³/mol. The van der Waals surface area contributed by atoms with Crippen molar-refractivity contribution >= 4 is 29.5 Å². The van der Waals surface area contributed by atoms with Crippen molar-refractivity contribution in [2.75, 3.05) is 44.3 Å². The summed E-state index contributed by atoms with van der Waals surface area (Å²) in [7, 11) is 0. The van der Waals surface area contributed by atoms with Crippen LogP contribution in [0, 0.1) is 5.92 Å². The van der Waals surface area contributed by atoms with Gasteiger partial charge in [-0.2, -0.15) is 0 Å². The van der Waals surface area contributed by atoms with E-state index in [2.05, 4.69) is 16.3 Å². The van der Waals surface area contributed by atoms with Crippen LogP contribution in [0.2, 0.25) is 0 Å². The Morgan fingerprint density at radius 2 is 1.78 bits per heavy atom. The molecule has 5 rings (SSSR count). The lowest BCUT2D eigenvalue weighted by molar-refractivity contribution is -0.136. The molecule has 0 spiro atoms. The Morgan fingerprint density at radius 1 is 1.03 bits per heavy atom. The highest BCUT2D eigenvalue weighted by Gasteiger charge is 2.39. The smallest absolute Gasteiger partial charge is 0.409 e. The summed E-state index contributed by atoms with van der Waals surface area (Å²) in [6.07, 6.45) is 4.38. The molecule has 0 aromatic heterocycles. The number of carbonyl (C=O) groups is 4. The minimum absolute atomic E-state index is 0.139. The Hall–Kier alpha value is -3.14. The van der Waals surface area contributed by atoms with Gasteiger partial charge in [-0.15, -0.1) is 0 Å². The van der Waals surface area contributed by atoms with Gasteiger partial charge in [0.1, 0.15) is 6.04 Å². The average molecular weight is 513 g/mol. The van der Waals surface area contributed by atoms with Gasteiger partial charge in [-0.05, 0) is 68.7 Å². The molecule has 0 saturated carbocycles. The summed E-state index contributed by atoms with van der Waals surface area (Å²) in [6, 6.07) is 5.36. The normalized spacial score (nSPS) is 23.3. The maximum Gasteiger partial charge on any atom is 0.409 e. The van der Waals surface area contributed by atoms with Gasteiger partial charge in [0.05, 0.1) is 12.7 Å². The van der Waals surface area contributed by atoms with Gasteiger partial charge in [-0.1, -0.05) is 0 Å². The Morgan fingerprint density at radius 3 is 2.49 bits per heavy atom. The summed E-state index contributed by atoms with van der Waals surface area (Å²) >= 11 is 0. The zero-order chi connectivity index (χ0) is 25.9. The maximum atomic E-state index is 12.9. The van der Waals surface area contributed by atoms with Crippen molar-refractivity contribution in [2.45, 2.75) is 64.1 Å². The fourth-order valence-corrected chi connectivity index (χ4v) is 5.81. The van der Waals surface area contributed by atoms with Crippen molar-refractivity contribution in [1.29, 1.82) is 0 Å². The number of anilines is 1. The van der Waals surface area contributed by atoms with Gasteiger partial charge in [0.15, 0.2) is 0 Å². The lowest BCUT2D eigenvalue weighted by Gasteiger charge is -2.35. The summed E-state index contributed by atoms with van der Waals surface area (Å²) in [4.78, 5) is 54.3. The van der Waals surface area contributed by atoms with E-state index in [1.54, 1.807) is 9.80 Å². The van der Waals surface area contributed by atoms with Crippen molar-refractivity contribution < 1.29 is 28.7 Å². The summed E-state index contributed by atoms with van der Waals surface area (Å²) in [5.74, 6) is -0.286. The molecule has 10 heteroatoms. The summed E-state index contributed by atoms with van der Waals surface area (Å²) in [5.41, 5.74) is 2.68. The van der Waals surface area contributed by atoms with Crippen LogP contribution in [0.25, 0.3) is 0 Å². The van der Waals surface area contributed by atoms with E-state index < -0.39 is 6.04 Å². The molecule has 3 saturated heterocycles. The second kappa shape index (κ2) is 11.1. The number of nitrogens with one attached hydrogen (secondary N) is 1. The van der Waals surface area contributed by atoms with E-state index in [1.807, 2.05) is 19.1 Å². The van der Waals surface area contributed by atoms with Crippen molar-refractivity contribution in [2.24, 2.45) is 5.92 Å². The average Bonchev–Trinajstić information content (AvgIpc) is 3.23. The van der Waals surface area contributed by atoms with E-state index in [4.69, 9.17) is 9.47 Å². The molecule has 4 amide bonds. The van der Waals surface area contributed by atoms with Gasteiger partial charge in [-0.25, -0.2) is 4.79 Å². The first kappa shape index (κ1) is 25.5. The second-order valence-corrected chi connectivity index (χ2v) is 10.4. The number of fused-ring (bicyclic) bond motifs is 1. The van der Waals surface area contributed by atoms with Gasteiger partial charge in [-0.3, -0.25) is 19.7 Å². The third kappa shape index (κ3) is 5.58. The Bertz CT molecular complexity index is 1050. The molecular weight excluding hydrogens is 476 g/mol. The van der Waals surface area contributed by atoms with Crippen LogP contribution in [0.4, 0.5) is 10.5 Å². The molecule has 10 nitrogen and oxygen atoms in total. The van der Waals surface area contributed by atoms with Crippen LogP contribution in [0.5, 0.6) is 0 Å². The van der Waals surface area contributed by atoms with Crippen LogP contribution in [0.15, 0.2) is 18.2 Å². The Kier molecular flexibility index (Phi) is 7.64. The number of hydrogen-bond acceptors (Lipinski definition) is 7. The van der Waals surface area contributed by atoms with Crippen LogP contribution in [0.3, 0.4) is 0 Å². The van der Waals surface area contributed by atoms with E-state index in [-0.39, 0.29) is 36.3 Å². The topological polar surface area (TPSA) is 108 Å².